The Labute approximate surface area is 124 Å². The molecule has 4 heteroatoms. The van der Waals surface area contributed by atoms with Crippen molar-refractivity contribution in [2.45, 2.75) is 45.1 Å². The molecular formula is C17H21N3O. The molecule has 0 saturated heterocycles. The molecule has 21 heavy (non-hydrogen) atoms. The van der Waals surface area contributed by atoms with E-state index < -0.39 is 0 Å². The molecule has 1 aromatic heterocycles. The summed E-state index contributed by atoms with van der Waals surface area (Å²) in [5, 5.41) is 4.45. The molecule has 1 aliphatic rings. The van der Waals surface area contributed by atoms with Gasteiger partial charge >= 0.3 is 0 Å². The molecule has 4 nitrogen and oxygen atoms in total. The minimum absolute atomic E-state index is 0.0858. The fraction of sp³-hybridized carbons (Fsp3) is 0.471. The highest BCUT2D eigenvalue weighted by Crippen LogP contribution is 2.24. The Bertz CT molecular complexity index is 630. The molecule has 0 spiro atoms. The summed E-state index contributed by atoms with van der Waals surface area (Å²) in [5.74, 6) is 1.31. The standard InChI is InChI=1S/C17H21N3O/c21-17-12-18-16(11-14-7-3-1-4-8-14)19-20(17)13-15-9-5-2-6-10-15/h1,3-4,7-8,12,15H,2,5-6,9-11,13H2. The second-order valence-electron chi connectivity index (χ2n) is 5.86. The summed E-state index contributed by atoms with van der Waals surface area (Å²) in [6, 6.07) is 10.1. The van der Waals surface area contributed by atoms with Gasteiger partial charge in [0, 0.05) is 13.0 Å². The van der Waals surface area contributed by atoms with Crippen molar-refractivity contribution in [2.24, 2.45) is 5.92 Å². The van der Waals surface area contributed by atoms with Gasteiger partial charge in [-0.1, -0.05) is 49.6 Å². The van der Waals surface area contributed by atoms with Crippen molar-refractivity contribution < 1.29 is 0 Å². The van der Waals surface area contributed by atoms with Crippen LogP contribution in [0.3, 0.4) is 0 Å². The lowest BCUT2D eigenvalue weighted by atomic mass is 9.89. The zero-order valence-electron chi connectivity index (χ0n) is 12.2. The van der Waals surface area contributed by atoms with Gasteiger partial charge in [0.2, 0.25) is 0 Å². The topological polar surface area (TPSA) is 47.8 Å². The van der Waals surface area contributed by atoms with Crippen LogP contribution in [-0.2, 0) is 13.0 Å². The summed E-state index contributed by atoms with van der Waals surface area (Å²) in [6.07, 6.45) is 8.39. The second-order valence-corrected chi connectivity index (χ2v) is 5.86. The summed E-state index contributed by atoms with van der Waals surface area (Å²) in [5.41, 5.74) is 1.08. The molecule has 1 aromatic carbocycles. The molecule has 2 aromatic rings. The normalized spacial score (nSPS) is 16.0. The van der Waals surface area contributed by atoms with Crippen molar-refractivity contribution in [1.82, 2.24) is 14.8 Å². The van der Waals surface area contributed by atoms with E-state index in [2.05, 4.69) is 22.2 Å². The van der Waals surface area contributed by atoms with E-state index in [0.29, 0.717) is 12.3 Å². The maximum Gasteiger partial charge on any atom is 0.285 e. The average Bonchev–Trinajstić information content (AvgIpc) is 2.53. The summed E-state index contributed by atoms with van der Waals surface area (Å²) in [4.78, 5) is 16.1. The molecule has 0 unspecified atom stereocenters. The number of rotatable bonds is 4. The van der Waals surface area contributed by atoms with Crippen LogP contribution in [0.1, 0.15) is 43.5 Å². The molecular weight excluding hydrogens is 262 g/mol. The highest BCUT2D eigenvalue weighted by molar-refractivity contribution is 5.18. The Morgan fingerprint density at radius 2 is 1.86 bits per heavy atom. The van der Waals surface area contributed by atoms with Crippen LogP contribution in [0.5, 0.6) is 0 Å². The van der Waals surface area contributed by atoms with Crippen LogP contribution < -0.4 is 5.56 Å². The molecule has 1 saturated carbocycles. The molecule has 0 N–H and O–H groups in total. The van der Waals surface area contributed by atoms with E-state index in [0.717, 1.165) is 12.4 Å². The van der Waals surface area contributed by atoms with Crippen LogP contribution in [0, 0.1) is 5.92 Å². The predicted molar refractivity (Wildman–Crippen MR) is 82.1 cm³/mol. The van der Waals surface area contributed by atoms with Crippen molar-refractivity contribution in [2.75, 3.05) is 0 Å². The van der Waals surface area contributed by atoms with Crippen molar-refractivity contribution in [3.8, 4) is 0 Å². The van der Waals surface area contributed by atoms with Crippen LogP contribution >= 0.6 is 0 Å². The number of hydrogen-bond donors (Lipinski definition) is 0. The van der Waals surface area contributed by atoms with Crippen LogP contribution in [0.4, 0.5) is 0 Å². The van der Waals surface area contributed by atoms with Gasteiger partial charge in [-0.15, -0.1) is 0 Å². The van der Waals surface area contributed by atoms with Gasteiger partial charge in [0.15, 0.2) is 5.82 Å². The highest BCUT2D eigenvalue weighted by Gasteiger charge is 2.15. The molecule has 3 rings (SSSR count). The highest BCUT2D eigenvalue weighted by atomic mass is 16.1. The van der Waals surface area contributed by atoms with Crippen LogP contribution in [0.15, 0.2) is 41.3 Å². The van der Waals surface area contributed by atoms with Crippen molar-refractivity contribution in [3.63, 3.8) is 0 Å². The minimum Gasteiger partial charge on any atom is -0.266 e. The third-order valence-electron chi connectivity index (χ3n) is 4.18. The Kier molecular flexibility index (Phi) is 4.43. The maximum atomic E-state index is 11.9. The van der Waals surface area contributed by atoms with Gasteiger partial charge in [0.1, 0.15) is 0 Å². The Balaban J connectivity index is 1.74. The Morgan fingerprint density at radius 1 is 1.10 bits per heavy atom. The van der Waals surface area contributed by atoms with Crippen LogP contribution in [0.25, 0.3) is 0 Å². The van der Waals surface area contributed by atoms with E-state index in [1.807, 2.05) is 18.2 Å². The quantitative estimate of drug-likeness (QED) is 0.867. The van der Waals surface area contributed by atoms with Crippen LogP contribution in [0.2, 0.25) is 0 Å². The Morgan fingerprint density at radius 3 is 2.62 bits per heavy atom. The fourth-order valence-corrected chi connectivity index (χ4v) is 3.02. The zero-order chi connectivity index (χ0) is 14.5. The molecule has 0 amide bonds. The van der Waals surface area contributed by atoms with Crippen molar-refractivity contribution in [3.05, 3.63) is 58.3 Å². The zero-order valence-corrected chi connectivity index (χ0v) is 12.2. The first kappa shape index (κ1) is 14.0. The van der Waals surface area contributed by atoms with E-state index in [1.54, 1.807) is 4.68 Å². The molecule has 1 heterocycles. The van der Waals surface area contributed by atoms with E-state index in [-0.39, 0.29) is 5.56 Å². The third-order valence-corrected chi connectivity index (χ3v) is 4.18. The lowest BCUT2D eigenvalue weighted by molar-refractivity contribution is 0.300. The van der Waals surface area contributed by atoms with Gasteiger partial charge in [-0.3, -0.25) is 4.79 Å². The van der Waals surface area contributed by atoms with Gasteiger partial charge < -0.3 is 0 Å². The summed E-state index contributed by atoms with van der Waals surface area (Å²) in [6.45, 7) is 0.739. The molecule has 1 fully saturated rings. The first-order valence-corrected chi connectivity index (χ1v) is 7.78. The smallest absolute Gasteiger partial charge is 0.266 e. The van der Waals surface area contributed by atoms with E-state index in [9.17, 15) is 4.79 Å². The van der Waals surface area contributed by atoms with Crippen molar-refractivity contribution >= 4 is 0 Å². The van der Waals surface area contributed by atoms with Gasteiger partial charge in [-0.25, -0.2) is 9.67 Å². The Hall–Kier alpha value is -1.97. The van der Waals surface area contributed by atoms with Gasteiger partial charge in [-0.2, -0.15) is 5.10 Å². The lowest BCUT2D eigenvalue weighted by Crippen LogP contribution is -2.28. The molecule has 0 atom stereocenters. The monoisotopic (exact) mass is 283 g/mol. The van der Waals surface area contributed by atoms with Gasteiger partial charge in [0.25, 0.3) is 5.56 Å². The first-order chi connectivity index (χ1) is 10.3. The third kappa shape index (κ3) is 3.78. The number of aromatic nitrogens is 3. The first-order valence-electron chi connectivity index (χ1n) is 7.78. The molecule has 110 valence electrons. The maximum absolute atomic E-state index is 11.9. The lowest BCUT2D eigenvalue weighted by Gasteiger charge is -2.21. The van der Waals surface area contributed by atoms with Gasteiger partial charge in [0.05, 0.1) is 6.20 Å². The number of hydrogen-bond acceptors (Lipinski definition) is 3. The predicted octanol–water partition coefficient (Wildman–Crippen LogP) is 2.81. The number of nitrogens with zero attached hydrogens (tertiary/aromatic N) is 3. The summed E-state index contributed by atoms with van der Waals surface area (Å²) in [7, 11) is 0. The minimum atomic E-state index is -0.0858. The second kappa shape index (κ2) is 6.66. The SMILES string of the molecule is O=c1cnc(Cc2ccccc2)nn1CC1CCCCC1. The van der Waals surface area contributed by atoms with E-state index in [4.69, 9.17) is 0 Å². The number of benzene rings is 1. The van der Waals surface area contributed by atoms with Crippen LogP contribution in [-0.4, -0.2) is 14.8 Å². The average molecular weight is 283 g/mol. The van der Waals surface area contributed by atoms with E-state index >= 15 is 0 Å². The van der Waals surface area contributed by atoms with Gasteiger partial charge in [-0.05, 0) is 24.3 Å². The largest absolute Gasteiger partial charge is 0.285 e. The molecule has 0 bridgehead atoms. The molecule has 0 radical (unpaired) electrons. The molecule has 0 aliphatic heterocycles. The van der Waals surface area contributed by atoms with Crippen molar-refractivity contribution in [1.29, 1.82) is 0 Å². The summed E-state index contributed by atoms with van der Waals surface area (Å²) >= 11 is 0. The van der Waals surface area contributed by atoms with E-state index in [1.165, 1.54) is 43.9 Å². The summed E-state index contributed by atoms with van der Waals surface area (Å²) < 4.78 is 1.61. The fourth-order valence-electron chi connectivity index (χ4n) is 3.02. The molecule has 1 aliphatic carbocycles.